The average molecular weight is 407 g/mol. The third-order valence-electron chi connectivity index (χ3n) is 4.59. The zero-order valence-electron chi connectivity index (χ0n) is 18.9. The minimum atomic E-state index is 0.158. The van der Waals surface area contributed by atoms with E-state index in [0.717, 1.165) is 37.0 Å². The first-order valence-electron chi connectivity index (χ1n) is 11.5. The Hall–Kier alpha value is -1.68. The molecule has 1 aromatic carbocycles. The summed E-state index contributed by atoms with van der Waals surface area (Å²) in [6.07, 6.45) is 11.2. The SMILES string of the molecule is CCCCCCOC(CCC)=C(OCCCCCC)OCOCc1ccccc1. The predicted molar refractivity (Wildman–Crippen MR) is 119 cm³/mol. The van der Waals surface area contributed by atoms with Gasteiger partial charge in [-0.05, 0) is 24.8 Å². The van der Waals surface area contributed by atoms with E-state index in [2.05, 4.69) is 20.8 Å². The molecular formula is C25H42O4. The average Bonchev–Trinajstić information content (AvgIpc) is 2.75. The molecule has 1 rings (SSSR count). The van der Waals surface area contributed by atoms with Crippen LogP contribution in [0.3, 0.4) is 0 Å². The van der Waals surface area contributed by atoms with Gasteiger partial charge in [0.05, 0.1) is 19.8 Å². The molecule has 0 N–H and O–H groups in total. The fourth-order valence-corrected chi connectivity index (χ4v) is 2.91. The van der Waals surface area contributed by atoms with Crippen molar-refractivity contribution >= 4 is 0 Å². The minimum Gasteiger partial charge on any atom is -0.491 e. The van der Waals surface area contributed by atoms with E-state index in [-0.39, 0.29) is 6.79 Å². The molecule has 29 heavy (non-hydrogen) atoms. The minimum absolute atomic E-state index is 0.158. The molecule has 0 aliphatic heterocycles. The van der Waals surface area contributed by atoms with Crippen LogP contribution in [-0.4, -0.2) is 20.0 Å². The Morgan fingerprint density at radius 2 is 1.34 bits per heavy atom. The first-order valence-corrected chi connectivity index (χ1v) is 11.5. The lowest BCUT2D eigenvalue weighted by Crippen LogP contribution is -2.10. The van der Waals surface area contributed by atoms with Gasteiger partial charge in [0.2, 0.25) is 0 Å². The van der Waals surface area contributed by atoms with Gasteiger partial charge in [0.1, 0.15) is 0 Å². The largest absolute Gasteiger partial charge is 0.491 e. The number of hydrogen-bond acceptors (Lipinski definition) is 4. The maximum atomic E-state index is 6.06. The van der Waals surface area contributed by atoms with Crippen molar-refractivity contribution in [3.8, 4) is 0 Å². The van der Waals surface area contributed by atoms with Gasteiger partial charge >= 0.3 is 5.95 Å². The van der Waals surface area contributed by atoms with Crippen molar-refractivity contribution in [1.82, 2.24) is 0 Å². The van der Waals surface area contributed by atoms with Crippen molar-refractivity contribution in [2.75, 3.05) is 20.0 Å². The monoisotopic (exact) mass is 406 g/mol. The van der Waals surface area contributed by atoms with Gasteiger partial charge < -0.3 is 18.9 Å². The van der Waals surface area contributed by atoms with Crippen molar-refractivity contribution in [2.24, 2.45) is 0 Å². The lowest BCUT2D eigenvalue weighted by molar-refractivity contribution is -0.0894. The topological polar surface area (TPSA) is 36.9 Å². The molecule has 0 unspecified atom stereocenters. The molecule has 0 aliphatic rings. The van der Waals surface area contributed by atoms with Crippen LogP contribution in [-0.2, 0) is 25.6 Å². The molecule has 0 atom stereocenters. The van der Waals surface area contributed by atoms with E-state index in [1.165, 1.54) is 38.5 Å². The van der Waals surface area contributed by atoms with Gasteiger partial charge in [-0.2, -0.15) is 0 Å². The van der Waals surface area contributed by atoms with Crippen molar-refractivity contribution in [3.05, 3.63) is 47.6 Å². The Morgan fingerprint density at radius 1 is 0.690 bits per heavy atom. The molecule has 1 aromatic rings. The van der Waals surface area contributed by atoms with Gasteiger partial charge in [-0.15, -0.1) is 0 Å². The highest BCUT2D eigenvalue weighted by Crippen LogP contribution is 2.18. The molecule has 0 radical (unpaired) electrons. The van der Waals surface area contributed by atoms with E-state index in [0.29, 0.717) is 25.8 Å². The van der Waals surface area contributed by atoms with Gasteiger partial charge in [-0.1, -0.05) is 89.6 Å². The number of ether oxygens (including phenoxy) is 4. The van der Waals surface area contributed by atoms with Crippen molar-refractivity contribution < 1.29 is 18.9 Å². The summed E-state index contributed by atoms with van der Waals surface area (Å²) in [6, 6.07) is 10.1. The first-order chi connectivity index (χ1) is 14.3. The highest BCUT2D eigenvalue weighted by molar-refractivity contribution is 5.13. The highest BCUT2D eigenvalue weighted by atomic mass is 16.7. The summed E-state index contributed by atoms with van der Waals surface area (Å²) in [7, 11) is 0. The number of benzene rings is 1. The summed E-state index contributed by atoms with van der Waals surface area (Å²) in [4.78, 5) is 0. The van der Waals surface area contributed by atoms with Gasteiger partial charge in [-0.25, -0.2) is 0 Å². The second-order valence-corrected chi connectivity index (χ2v) is 7.38. The van der Waals surface area contributed by atoms with Crippen LogP contribution in [0.15, 0.2) is 42.0 Å². The molecule has 0 aromatic heterocycles. The molecule has 0 saturated carbocycles. The fraction of sp³-hybridized carbons (Fsp3) is 0.680. The van der Waals surface area contributed by atoms with Crippen molar-refractivity contribution in [1.29, 1.82) is 0 Å². The maximum Gasteiger partial charge on any atom is 0.321 e. The molecule has 4 nitrogen and oxygen atoms in total. The third kappa shape index (κ3) is 13.2. The summed E-state index contributed by atoms with van der Waals surface area (Å²) < 4.78 is 23.6. The lowest BCUT2D eigenvalue weighted by atomic mass is 10.2. The van der Waals surface area contributed by atoms with Crippen molar-refractivity contribution in [2.45, 2.75) is 91.6 Å². The molecule has 0 bridgehead atoms. The zero-order chi connectivity index (χ0) is 21.0. The Labute approximate surface area is 178 Å². The fourth-order valence-electron chi connectivity index (χ4n) is 2.91. The van der Waals surface area contributed by atoms with Crippen LogP contribution >= 0.6 is 0 Å². The highest BCUT2D eigenvalue weighted by Gasteiger charge is 2.12. The molecule has 0 fully saturated rings. The Bertz CT molecular complexity index is 513. The molecule has 166 valence electrons. The van der Waals surface area contributed by atoms with E-state index in [9.17, 15) is 0 Å². The summed E-state index contributed by atoms with van der Waals surface area (Å²) in [6.45, 7) is 8.62. The van der Waals surface area contributed by atoms with E-state index >= 15 is 0 Å². The second kappa shape index (κ2) is 18.4. The van der Waals surface area contributed by atoms with Crippen LogP contribution in [0.4, 0.5) is 0 Å². The van der Waals surface area contributed by atoms with E-state index < -0.39 is 0 Å². The summed E-state index contributed by atoms with van der Waals surface area (Å²) >= 11 is 0. The quantitative estimate of drug-likeness (QED) is 0.137. The van der Waals surface area contributed by atoms with Gasteiger partial charge in [0.25, 0.3) is 0 Å². The zero-order valence-corrected chi connectivity index (χ0v) is 18.9. The predicted octanol–water partition coefficient (Wildman–Crippen LogP) is 7.34. The molecule has 0 spiro atoms. The Balaban J connectivity index is 2.56. The van der Waals surface area contributed by atoms with Gasteiger partial charge in [0.15, 0.2) is 12.6 Å². The standard InChI is InChI=1S/C25H42O4/c1-4-7-9-14-19-27-24(16-6-3)25(28-20-15-10-8-5-2)29-22-26-21-23-17-12-11-13-18-23/h11-13,17-18H,4-10,14-16,19-22H2,1-3H3. The number of unbranched alkanes of at least 4 members (excludes halogenated alkanes) is 6. The van der Waals surface area contributed by atoms with E-state index in [4.69, 9.17) is 18.9 Å². The Morgan fingerprint density at radius 3 is 1.97 bits per heavy atom. The van der Waals surface area contributed by atoms with Crippen LogP contribution in [0.5, 0.6) is 0 Å². The van der Waals surface area contributed by atoms with Crippen LogP contribution in [0.2, 0.25) is 0 Å². The normalized spacial score (nSPS) is 11.8. The molecule has 4 heteroatoms. The third-order valence-corrected chi connectivity index (χ3v) is 4.59. The molecule has 0 amide bonds. The summed E-state index contributed by atoms with van der Waals surface area (Å²) in [5, 5.41) is 0. The first kappa shape index (κ1) is 25.4. The maximum absolute atomic E-state index is 6.06. The van der Waals surface area contributed by atoms with Gasteiger partial charge in [0, 0.05) is 6.42 Å². The van der Waals surface area contributed by atoms with Crippen LogP contribution in [0.25, 0.3) is 0 Å². The molecule has 0 aliphatic carbocycles. The van der Waals surface area contributed by atoms with Crippen LogP contribution < -0.4 is 0 Å². The van der Waals surface area contributed by atoms with E-state index in [1.807, 2.05) is 30.3 Å². The number of hydrogen-bond donors (Lipinski definition) is 0. The lowest BCUT2D eigenvalue weighted by Gasteiger charge is -2.17. The molecule has 0 heterocycles. The second-order valence-electron chi connectivity index (χ2n) is 7.38. The van der Waals surface area contributed by atoms with Gasteiger partial charge in [-0.3, -0.25) is 0 Å². The van der Waals surface area contributed by atoms with Crippen molar-refractivity contribution in [3.63, 3.8) is 0 Å². The molecular weight excluding hydrogens is 364 g/mol. The summed E-state index contributed by atoms with van der Waals surface area (Å²) in [5.74, 6) is 1.33. The number of allylic oxidation sites excluding steroid dienone is 1. The number of rotatable bonds is 19. The smallest absolute Gasteiger partial charge is 0.321 e. The van der Waals surface area contributed by atoms with E-state index in [1.54, 1.807) is 0 Å². The Kier molecular flexibility index (Phi) is 16.0. The van der Waals surface area contributed by atoms with Crippen LogP contribution in [0, 0.1) is 0 Å². The summed E-state index contributed by atoms with van der Waals surface area (Å²) in [5.41, 5.74) is 1.13. The molecule has 0 saturated heterocycles. The van der Waals surface area contributed by atoms with Crippen LogP contribution in [0.1, 0.15) is 90.5 Å².